The fourth-order valence-corrected chi connectivity index (χ4v) is 1.52. The molecule has 1 N–H and O–H groups in total. The molecule has 0 heterocycles. The Balaban J connectivity index is 2.66. The molecule has 1 aromatic rings. The van der Waals surface area contributed by atoms with Gasteiger partial charge in [0.1, 0.15) is 5.82 Å². The Kier molecular flexibility index (Phi) is 5.49. The van der Waals surface area contributed by atoms with Crippen LogP contribution in [0.2, 0.25) is 0 Å². The first kappa shape index (κ1) is 15.9. The van der Waals surface area contributed by atoms with Gasteiger partial charge in [-0.25, -0.2) is 9.18 Å². The quantitative estimate of drug-likeness (QED) is 0.833. The van der Waals surface area contributed by atoms with Gasteiger partial charge in [-0.2, -0.15) is 0 Å². The molecule has 5 nitrogen and oxygen atoms in total. The van der Waals surface area contributed by atoms with Gasteiger partial charge in [-0.1, -0.05) is 0 Å². The summed E-state index contributed by atoms with van der Waals surface area (Å²) in [7, 11) is 3.53. The highest BCUT2D eigenvalue weighted by Gasteiger charge is 2.16. The van der Waals surface area contributed by atoms with E-state index in [-0.39, 0.29) is 11.6 Å². The number of ether oxygens (including phenoxy) is 1. The van der Waals surface area contributed by atoms with Gasteiger partial charge in [-0.15, -0.1) is 0 Å². The van der Waals surface area contributed by atoms with Crippen LogP contribution in [-0.2, 0) is 9.53 Å². The van der Waals surface area contributed by atoms with Gasteiger partial charge in [-0.3, -0.25) is 4.79 Å². The molecule has 0 atom stereocenters. The summed E-state index contributed by atoms with van der Waals surface area (Å²) >= 11 is 0. The molecule has 6 heteroatoms. The number of carbonyl (C=O) groups excluding carboxylic acids is 2. The maximum Gasteiger partial charge on any atom is 0.341 e. The standard InChI is InChI=1S/C14H19FN2O3/c1-9(2)16-13(18)8-20-14(19)11-6-5-10(17(3)4)7-12(11)15/h5-7,9H,8H2,1-4H3,(H,16,18). The second kappa shape index (κ2) is 6.88. The molecule has 0 aromatic heterocycles. The normalized spacial score (nSPS) is 10.3. The molecule has 1 rings (SSSR count). The van der Waals surface area contributed by atoms with Gasteiger partial charge >= 0.3 is 5.97 Å². The van der Waals surface area contributed by atoms with Crippen LogP contribution in [0.15, 0.2) is 18.2 Å². The highest BCUT2D eigenvalue weighted by atomic mass is 19.1. The van der Waals surface area contributed by atoms with Crippen molar-refractivity contribution >= 4 is 17.6 Å². The van der Waals surface area contributed by atoms with E-state index in [0.29, 0.717) is 5.69 Å². The van der Waals surface area contributed by atoms with Crippen molar-refractivity contribution in [2.75, 3.05) is 25.6 Å². The van der Waals surface area contributed by atoms with Crippen LogP contribution in [0.25, 0.3) is 0 Å². The number of amides is 1. The second-order valence-corrected chi connectivity index (χ2v) is 4.86. The molecule has 0 aliphatic carbocycles. The number of hydrogen-bond donors (Lipinski definition) is 1. The summed E-state index contributed by atoms with van der Waals surface area (Å²) in [5.74, 6) is -1.95. The minimum atomic E-state index is -0.855. The molecule has 0 unspecified atom stereocenters. The zero-order chi connectivity index (χ0) is 15.3. The molecule has 0 aliphatic rings. The first-order chi connectivity index (χ1) is 9.31. The molecule has 110 valence electrons. The lowest BCUT2D eigenvalue weighted by molar-refractivity contribution is -0.124. The molecule has 0 spiro atoms. The van der Waals surface area contributed by atoms with E-state index in [1.807, 2.05) is 0 Å². The molecule has 0 aliphatic heterocycles. The summed E-state index contributed by atoms with van der Waals surface area (Å²) in [5, 5.41) is 2.57. The van der Waals surface area contributed by atoms with Gasteiger partial charge in [0.05, 0.1) is 5.56 Å². The van der Waals surface area contributed by atoms with Gasteiger partial charge < -0.3 is 15.0 Å². The number of benzene rings is 1. The minimum Gasteiger partial charge on any atom is -0.452 e. The van der Waals surface area contributed by atoms with Crippen molar-refractivity contribution in [3.8, 4) is 0 Å². The average Bonchev–Trinajstić information content (AvgIpc) is 2.34. The summed E-state index contributed by atoms with van der Waals surface area (Å²) in [4.78, 5) is 24.7. The van der Waals surface area contributed by atoms with Crippen molar-refractivity contribution in [2.45, 2.75) is 19.9 Å². The number of halogens is 1. The van der Waals surface area contributed by atoms with E-state index in [9.17, 15) is 14.0 Å². The van der Waals surface area contributed by atoms with Crippen LogP contribution in [-0.4, -0.2) is 38.6 Å². The van der Waals surface area contributed by atoms with Gasteiger partial charge in [0.2, 0.25) is 0 Å². The van der Waals surface area contributed by atoms with Crippen LogP contribution < -0.4 is 10.2 Å². The second-order valence-electron chi connectivity index (χ2n) is 4.86. The van der Waals surface area contributed by atoms with E-state index < -0.39 is 24.3 Å². The third-order valence-corrected chi connectivity index (χ3v) is 2.47. The van der Waals surface area contributed by atoms with Crippen LogP contribution in [0.3, 0.4) is 0 Å². The van der Waals surface area contributed by atoms with Gasteiger partial charge in [-0.05, 0) is 32.0 Å². The van der Waals surface area contributed by atoms with Crippen LogP contribution in [0, 0.1) is 5.82 Å². The average molecular weight is 282 g/mol. The molecule has 0 radical (unpaired) electrons. The maximum atomic E-state index is 13.8. The lowest BCUT2D eigenvalue weighted by Crippen LogP contribution is -2.34. The Bertz CT molecular complexity index is 501. The lowest BCUT2D eigenvalue weighted by atomic mass is 10.2. The largest absolute Gasteiger partial charge is 0.452 e. The molecule has 0 saturated carbocycles. The molecule has 20 heavy (non-hydrogen) atoms. The van der Waals surface area contributed by atoms with Crippen LogP contribution >= 0.6 is 0 Å². The number of esters is 1. The topological polar surface area (TPSA) is 58.6 Å². The van der Waals surface area contributed by atoms with E-state index in [2.05, 4.69) is 5.32 Å². The van der Waals surface area contributed by atoms with E-state index in [1.54, 1.807) is 38.9 Å². The first-order valence-corrected chi connectivity index (χ1v) is 6.24. The predicted molar refractivity (Wildman–Crippen MR) is 74.3 cm³/mol. The van der Waals surface area contributed by atoms with Crippen molar-refractivity contribution < 1.29 is 18.7 Å². The highest BCUT2D eigenvalue weighted by molar-refractivity contribution is 5.92. The number of carbonyl (C=O) groups is 2. The van der Waals surface area contributed by atoms with Crippen molar-refractivity contribution in [3.05, 3.63) is 29.6 Å². The molecule has 1 amide bonds. The van der Waals surface area contributed by atoms with Crippen molar-refractivity contribution in [3.63, 3.8) is 0 Å². The fraction of sp³-hybridized carbons (Fsp3) is 0.429. The first-order valence-electron chi connectivity index (χ1n) is 6.24. The molecular weight excluding hydrogens is 263 g/mol. The predicted octanol–water partition coefficient (Wildman–Crippen LogP) is 1.57. The van der Waals surface area contributed by atoms with E-state index in [4.69, 9.17) is 4.74 Å². The fourth-order valence-electron chi connectivity index (χ4n) is 1.52. The Hall–Kier alpha value is -2.11. The molecule has 0 saturated heterocycles. The lowest BCUT2D eigenvalue weighted by Gasteiger charge is -2.13. The summed E-state index contributed by atoms with van der Waals surface area (Å²) < 4.78 is 18.5. The summed E-state index contributed by atoms with van der Waals surface area (Å²) in [6.45, 7) is 3.16. The maximum absolute atomic E-state index is 13.8. The minimum absolute atomic E-state index is 0.0442. The number of nitrogens with one attached hydrogen (secondary N) is 1. The van der Waals surface area contributed by atoms with Gasteiger partial charge in [0, 0.05) is 25.8 Å². The Morgan fingerprint density at radius 1 is 1.35 bits per heavy atom. The monoisotopic (exact) mass is 282 g/mol. The third kappa shape index (κ3) is 4.53. The number of hydrogen-bond acceptors (Lipinski definition) is 4. The van der Waals surface area contributed by atoms with Crippen LogP contribution in [0.5, 0.6) is 0 Å². The van der Waals surface area contributed by atoms with E-state index in [0.717, 1.165) is 0 Å². The van der Waals surface area contributed by atoms with Crippen LogP contribution in [0.4, 0.5) is 10.1 Å². The smallest absolute Gasteiger partial charge is 0.341 e. The number of nitrogens with zero attached hydrogens (tertiary/aromatic N) is 1. The van der Waals surface area contributed by atoms with E-state index >= 15 is 0 Å². The summed E-state index contributed by atoms with van der Waals surface area (Å²) in [5.41, 5.74) is 0.449. The number of anilines is 1. The molecular formula is C14H19FN2O3. The van der Waals surface area contributed by atoms with Gasteiger partial charge in [0.25, 0.3) is 5.91 Å². The van der Waals surface area contributed by atoms with E-state index in [1.165, 1.54) is 12.1 Å². The molecule has 0 fully saturated rings. The summed E-state index contributed by atoms with van der Waals surface area (Å²) in [6, 6.07) is 4.14. The summed E-state index contributed by atoms with van der Waals surface area (Å²) in [6.07, 6.45) is 0. The third-order valence-electron chi connectivity index (χ3n) is 2.47. The Morgan fingerprint density at radius 3 is 2.50 bits per heavy atom. The zero-order valence-corrected chi connectivity index (χ0v) is 12.1. The Labute approximate surface area is 117 Å². The Morgan fingerprint density at radius 2 is 2.00 bits per heavy atom. The van der Waals surface area contributed by atoms with Gasteiger partial charge in [0.15, 0.2) is 6.61 Å². The van der Waals surface area contributed by atoms with Crippen molar-refractivity contribution in [1.29, 1.82) is 0 Å². The zero-order valence-electron chi connectivity index (χ0n) is 12.1. The molecule has 1 aromatic carbocycles. The van der Waals surface area contributed by atoms with Crippen LogP contribution in [0.1, 0.15) is 24.2 Å². The van der Waals surface area contributed by atoms with Crippen molar-refractivity contribution in [1.82, 2.24) is 5.32 Å². The molecule has 0 bridgehead atoms. The SMILES string of the molecule is CC(C)NC(=O)COC(=O)c1ccc(N(C)C)cc1F. The number of rotatable bonds is 5. The highest BCUT2D eigenvalue weighted by Crippen LogP contribution is 2.17. The van der Waals surface area contributed by atoms with Crippen molar-refractivity contribution in [2.24, 2.45) is 0 Å².